The smallest absolute Gasteiger partial charge is 0.248 e. The van der Waals surface area contributed by atoms with Gasteiger partial charge in [0.05, 0.1) is 32.0 Å². The first kappa shape index (κ1) is 24.0. The molecular weight excluding hydrogens is 394 g/mol. The number of amides is 1. The third-order valence-corrected chi connectivity index (χ3v) is 6.90. The van der Waals surface area contributed by atoms with Gasteiger partial charge in [0.1, 0.15) is 6.61 Å². The number of fused-ring (bicyclic) bond motifs is 1. The van der Waals surface area contributed by atoms with Gasteiger partial charge in [-0.25, -0.2) is 0 Å². The summed E-state index contributed by atoms with van der Waals surface area (Å²) in [6.07, 6.45) is 8.51. The number of nitrogens with zero attached hydrogens (tertiary/aromatic N) is 1. The van der Waals surface area contributed by atoms with Crippen LogP contribution in [0.5, 0.6) is 0 Å². The fourth-order valence-electron chi connectivity index (χ4n) is 4.98. The Hall–Kier alpha value is -1.65. The second kappa shape index (κ2) is 11.8. The van der Waals surface area contributed by atoms with Gasteiger partial charge in [0.2, 0.25) is 5.91 Å². The van der Waals surface area contributed by atoms with Crippen LogP contribution in [0.15, 0.2) is 23.8 Å². The number of carbonyl (C=O) groups excluding carboxylic acids is 1. The lowest BCUT2D eigenvalue weighted by molar-refractivity contribution is -0.139. The molecule has 0 radical (unpaired) electrons. The molecule has 2 saturated carbocycles. The monoisotopic (exact) mass is 431 g/mol. The van der Waals surface area contributed by atoms with E-state index < -0.39 is 6.10 Å². The van der Waals surface area contributed by atoms with E-state index in [0.717, 1.165) is 19.3 Å². The molecule has 1 heterocycles. The molecular formula is C25H37NO5. The van der Waals surface area contributed by atoms with Crippen molar-refractivity contribution >= 4 is 5.91 Å². The second-order valence-electron chi connectivity index (χ2n) is 9.07. The Morgan fingerprint density at radius 2 is 2.13 bits per heavy atom. The molecule has 0 aromatic rings. The predicted molar refractivity (Wildman–Crippen MR) is 119 cm³/mol. The van der Waals surface area contributed by atoms with Crippen LogP contribution in [0.25, 0.3) is 0 Å². The predicted octanol–water partition coefficient (Wildman–Crippen LogP) is 2.16. The quantitative estimate of drug-likeness (QED) is 0.350. The van der Waals surface area contributed by atoms with Crippen molar-refractivity contribution < 1.29 is 24.5 Å². The van der Waals surface area contributed by atoms with Gasteiger partial charge in [-0.2, -0.15) is 0 Å². The molecule has 0 aromatic carbocycles. The molecule has 0 unspecified atom stereocenters. The largest absolute Gasteiger partial charge is 0.392 e. The molecule has 0 bridgehead atoms. The molecule has 3 rings (SSSR count). The third kappa shape index (κ3) is 6.66. The summed E-state index contributed by atoms with van der Waals surface area (Å²) in [5.41, 5.74) is 1.35. The Morgan fingerprint density at radius 3 is 2.87 bits per heavy atom. The van der Waals surface area contributed by atoms with Gasteiger partial charge in [0, 0.05) is 25.4 Å². The van der Waals surface area contributed by atoms with Crippen LogP contribution in [-0.2, 0) is 14.3 Å². The van der Waals surface area contributed by atoms with Crippen LogP contribution in [0.4, 0.5) is 0 Å². The Bertz CT molecular complexity index is 715. The van der Waals surface area contributed by atoms with E-state index in [1.165, 1.54) is 5.57 Å². The van der Waals surface area contributed by atoms with E-state index in [1.807, 2.05) is 26.0 Å². The molecule has 0 spiro atoms. The number of rotatable bonds is 8. The zero-order valence-corrected chi connectivity index (χ0v) is 18.8. The fourth-order valence-corrected chi connectivity index (χ4v) is 4.98. The third-order valence-electron chi connectivity index (χ3n) is 6.90. The average Bonchev–Trinajstić information content (AvgIpc) is 3.30. The molecule has 1 aliphatic heterocycles. The number of morpholine rings is 1. The standard InChI is InChI=1S/C25H37NO5/c1-3-4-5-18(2)23(27)7-6-21-22-15-19(14-20(22)16-24(21)28)8-11-31-17-25(29)26-9-12-30-13-10-26/h6-8,18,20-24,27-28H,5,9-17H2,1-2H3/b7-6+,19-8?/t18-,20-,21+,22-,23-,24+/m0/s1. The van der Waals surface area contributed by atoms with E-state index in [4.69, 9.17) is 9.47 Å². The minimum absolute atomic E-state index is 0.0241. The highest BCUT2D eigenvalue weighted by atomic mass is 16.5. The van der Waals surface area contributed by atoms with Crippen LogP contribution in [0.1, 0.15) is 39.5 Å². The lowest BCUT2D eigenvalue weighted by atomic mass is 9.89. The van der Waals surface area contributed by atoms with Crippen LogP contribution >= 0.6 is 0 Å². The van der Waals surface area contributed by atoms with Crippen LogP contribution in [0.2, 0.25) is 0 Å². The Balaban J connectivity index is 1.45. The Kier molecular flexibility index (Phi) is 9.15. The number of aliphatic hydroxyl groups is 2. The van der Waals surface area contributed by atoms with Crippen LogP contribution < -0.4 is 0 Å². The van der Waals surface area contributed by atoms with Gasteiger partial charge in [0.25, 0.3) is 0 Å². The molecule has 6 atom stereocenters. The zero-order valence-electron chi connectivity index (χ0n) is 18.8. The van der Waals surface area contributed by atoms with Gasteiger partial charge in [-0.3, -0.25) is 4.79 Å². The first-order valence-corrected chi connectivity index (χ1v) is 11.5. The molecule has 2 N–H and O–H groups in total. The van der Waals surface area contributed by atoms with Gasteiger partial charge in [0.15, 0.2) is 0 Å². The van der Waals surface area contributed by atoms with Gasteiger partial charge >= 0.3 is 0 Å². The number of ether oxygens (including phenoxy) is 2. The van der Waals surface area contributed by atoms with E-state index in [1.54, 1.807) is 4.90 Å². The average molecular weight is 432 g/mol. The van der Waals surface area contributed by atoms with E-state index in [-0.39, 0.29) is 30.5 Å². The van der Waals surface area contributed by atoms with Gasteiger partial charge < -0.3 is 24.6 Å². The number of carbonyl (C=O) groups is 1. The summed E-state index contributed by atoms with van der Waals surface area (Å²) < 4.78 is 10.9. The highest BCUT2D eigenvalue weighted by Gasteiger charge is 2.45. The van der Waals surface area contributed by atoms with Crippen LogP contribution in [-0.4, -0.2) is 72.7 Å². The highest BCUT2D eigenvalue weighted by Crippen LogP contribution is 2.50. The maximum atomic E-state index is 12.1. The summed E-state index contributed by atoms with van der Waals surface area (Å²) in [5, 5.41) is 20.9. The molecule has 6 heteroatoms. The highest BCUT2D eigenvalue weighted by molar-refractivity contribution is 5.77. The number of hydrogen-bond acceptors (Lipinski definition) is 5. The SMILES string of the molecule is CC#CC[C@H](C)[C@@H](O)/C=C/[C@@H]1[C@H]2CC(=CCOCC(=O)N3CCOCC3)C[C@H]2C[C@H]1O. The maximum absolute atomic E-state index is 12.1. The molecule has 3 aliphatic rings. The molecule has 0 aromatic heterocycles. The van der Waals surface area contributed by atoms with Crippen molar-refractivity contribution in [2.75, 3.05) is 39.5 Å². The normalized spacial score (nSPS) is 31.5. The summed E-state index contributed by atoms with van der Waals surface area (Å²) in [6.45, 7) is 6.84. The molecule has 1 saturated heterocycles. The van der Waals surface area contributed by atoms with Crippen molar-refractivity contribution in [1.82, 2.24) is 4.90 Å². The summed E-state index contributed by atoms with van der Waals surface area (Å²) in [6, 6.07) is 0. The Morgan fingerprint density at radius 1 is 1.35 bits per heavy atom. The van der Waals surface area contributed by atoms with Crippen molar-refractivity contribution in [3.8, 4) is 11.8 Å². The fraction of sp³-hybridized carbons (Fsp3) is 0.720. The van der Waals surface area contributed by atoms with Gasteiger partial charge in [-0.15, -0.1) is 11.8 Å². The number of hydrogen-bond donors (Lipinski definition) is 2. The van der Waals surface area contributed by atoms with E-state index in [2.05, 4.69) is 17.9 Å². The van der Waals surface area contributed by atoms with Crippen LogP contribution in [0, 0.1) is 35.5 Å². The summed E-state index contributed by atoms with van der Waals surface area (Å²) >= 11 is 0. The van der Waals surface area contributed by atoms with Crippen molar-refractivity contribution in [1.29, 1.82) is 0 Å². The molecule has 1 amide bonds. The second-order valence-corrected chi connectivity index (χ2v) is 9.07. The van der Waals surface area contributed by atoms with Crippen molar-refractivity contribution in [2.24, 2.45) is 23.7 Å². The topological polar surface area (TPSA) is 79.2 Å². The van der Waals surface area contributed by atoms with Crippen molar-refractivity contribution in [2.45, 2.75) is 51.7 Å². The van der Waals surface area contributed by atoms with Crippen LogP contribution in [0.3, 0.4) is 0 Å². The first-order valence-electron chi connectivity index (χ1n) is 11.5. The van der Waals surface area contributed by atoms with E-state index >= 15 is 0 Å². The van der Waals surface area contributed by atoms with E-state index in [9.17, 15) is 15.0 Å². The van der Waals surface area contributed by atoms with Crippen molar-refractivity contribution in [3.63, 3.8) is 0 Å². The Labute approximate surface area is 186 Å². The molecule has 2 aliphatic carbocycles. The molecule has 3 fully saturated rings. The number of allylic oxidation sites excluding steroid dienone is 1. The van der Waals surface area contributed by atoms with Crippen molar-refractivity contribution in [3.05, 3.63) is 23.8 Å². The van der Waals surface area contributed by atoms with Gasteiger partial charge in [-0.1, -0.05) is 30.7 Å². The van der Waals surface area contributed by atoms with Gasteiger partial charge in [-0.05, 0) is 43.9 Å². The lowest BCUT2D eigenvalue weighted by Crippen LogP contribution is -2.42. The first-order chi connectivity index (χ1) is 15.0. The summed E-state index contributed by atoms with van der Waals surface area (Å²) in [5.74, 6) is 6.96. The van der Waals surface area contributed by atoms with E-state index in [0.29, 0.717) is 51.2 Å². The number of aliphatic hydroxyl groups excluding tert-OH is 2. The minimum atomic E-state index is -0.541. The summed E-state index contributed by atoms with van der Waals surface area (Å²) in [4.78, 5) is 13.9. The molecule has 31 heavy (non-hydrogen) atoms. The minimum Gasteiger partial charge on any atom is -0.392 e. The molecule has 6 nitrogen and oxygen atoms in total. The maximum Gasteiger partial charge on any atom is 0.248 e. The molecule has 172 valence electrons. The lowest BCUT2D eigenvalue weighted by Gasteiger charge is -2.26. The zero-order chi connectivity index (χ0) is 22.2. The summed E-state index contributed by atoms with van der Waals surface area (Å²) in [7, 11) is 0.